The van der Waals surface area contributed by atoms with Crippen LogP contribution in [0.15, 0.2) is 24.3 Å². The van der Waals surface area contributed by atoms with Crippen LogP contribution in [-0.2, 0) is 4.74 Å². The fourth-order valence-corrected chi connectivity index (χ4v) is 2.94. The molecule has 0 bridgehead atoms. The Morgan fingerprint density at radius 1 is 1.33 bits per heavy atom. The van der Waals surface area contributed by atoms with E-state index in [4.69, 9.17) is 10.5 Å². The molecule has 2 atom stereocenters. The zero-order valence-corrected chi connectivity index (χ0v) is 13.6. The van der Waals surface area contributed by atoms with Crippen LogP contribution in [-0.4, -0.2) is 37.2 Å². The summed E-state index contributed by atoms with van der Waals surface area (Å²) in [6, 6.07) is 8.74. The number of nitrogens with two attached hydrogens (primary N) is 1. The first-order valence-corrected chi connectivity index (χ1v) is 8.35. The van der Waals surface area contributed by atoms with Crippen molar-refractivity contribution in [2.75, 3.05) is 26.2 Å². The van der Waals surface area contributed by atoms with Crippen LogP contribution >= 0.6 is 0 Å². The van der Waals surface area contributed by atoms with Gasteiger partial charge in [-0.15, -0.1) is 0 Å². The third-order valence-electron chi connectivity index (χ3n) is 4.28. The quantitative estimate of drug-likeness (QED) is 0.837. The molecule has 0 aromatic heterocycles. The lowest BCUT2D eigenvalue weighted by molar-refractivity contribution is -0.000625. The van der Waals surface area contributed by atoms with Gasteiger partial charge in [0.25, 0.3) is 0 Å². The molecule has 0 spiro atoms. The first kappa shape index (κ1) is 16.5. The van der Waals surface area contributed by atoms with Gasteiger partial charge < -0.3 is 15.4 Å². The maximum Gasteiger partial charge on any atom is 0.0702 e. The molecule has 0 radical (unpaired) electrons. The fourth-order valence-electron chi connectivity index (χ4n) is 2.94. The predicted molar refractivity (Wildman–Crippen MR) is 88.4 cm³/mol. The molecule has 1 heterocycles. The van der Waals surface area contributed by atoms with Gasteiger partial charge in [-0.05, 0) is 44.7 Å². The molecule has 2 unspecified atom stereocenters. The maximum absolute atomic E-state index is 6.32. The van der Waals surface area contributed by atoms with Gasteiger partial charge in [0.1, 0.15) is 0 Å². The lowest BCUT2D eigenvalue weighted by atomic mass is 10.0. The summed E-state index contributed by atoms with van der Waals surface area (Å²) in [5, 5.41) is 0. The van der Waals surface area contributed by atoms with Crippen LogP contribution in [0.2, 0.25) is 0 Å². The summed E-state index contributed by atoms with van der Waals surface area (Å²) in [6.45, 7) is 8.50. The van der Waals surface area contributed by atoms with Crippen molar-refractivity contribution < 1.29 is 4.74 Å². The van der Waals surface area contributed by atoms with Crippen molar-refractivity contribution in [1.29, 1.82) is 0 Å². The van der Waals surface area contributed by atoms with Gasteiger partial charge in [-0.2, -0.15) is 0 Å². The molecule has 1 aromatic carbocycles. The molecule has 21 heavy (non-hydrogen) atoms. The van der Waals surface area contributed by atoms with Crippen LogP contribution in [0.4, 0.5) is 0 Å². The summed E-state index contributed by atoms with van der Waals surface area (Å²) in [5.74, 6) is 0. The number of ether oxygens (including phenoxy) is 1. The van der Waals surface area contributed by atoms with Crippen molar-refractivity contribution in [3.8, 4) is 0 Å². The zero-order chi connectivity index (χ0) is 15.1. The third-order valence-corrected chi connectivity index (χ3v) is 4.28. The Labute approximate surface area is 129 Å². The van der Waals surface area contributed by atoms with Gasteiger partial charge in [0, 0.05) is 25.7 Å². The first-order chi connectivity index (χ1) is 10.2. The minimum absolute atomic E-state index is 0.141. The van der Waals surface area contributed by atoms with Crippen LogP contribution in [0.5, 0.6) is 0 Å². The predicted octanol–water partition coefficient (Wildman–Crippen LogP) is 3.28. The van der Waals surface area contributed by atoms with E-state index in [1.807, 2.05) is 0 Å². The van der Waals surface area contributed by atoms with E-state index in [2.05, 4.69) is 43.0 Å². The molecular weight excluding hydrogens is 260 g/mol. The number of hydrogen-bond donors (Lipinski definition) is 1. The van der Waals surface area contributed by atoms with Crippen molar-refractivity contribution in [3.63, 3.8) is 0 Å². The fraction of sp³-hybridized carbons (Fsp3) is 0.667. The zero-order valence-electron chi connectivity index (χ0n) is 13.6. The minimum atomic E-state index is 0.141. The smallest absolute Gasteiger partial charge is 0.0702 e. The first-order valence-electron chi connectivity index (χ1n) is 8.35. The Morgan fingerprint density at radius 3 is 2.81 bits per heavy atom. The molecule has 1 aliphatic rings. The molecule has 1 aliphatic heterocycles. The number of piperidine rings is 1. The SMILES string of the molecule is CCCOC1CCCN(CCC(N)c2ccc(C)cc2)C1. The van der Waals surface area contributed by atoms with E-state index in [0.29, 0.717) is 6.10 Å². The molecule has 1 saturated heterocycles. The highest BCUT2D eigenvalue weighted by atomic mass is 16.5. The molecule has 2 rings (SSSR count). The van der Waals surface area contributed by atoms with Crippen LogP contribution in [0.25, 0.3) is 0 Å². The standard InChI is InChI=1S/C18H30N2O/c1-3-13-21-17-5-4-11-20(14-17)12-10-18(19)16-8-6-15(2)7-9-16/h6-9,17-18H,3-5,10-14,19H2,1-2H3. The number of hydrogen-bond acceptors (Lipinski definition) is 3. The second kappa shape index (κ2) is 8.52. The summed E-state index contributed by atoms with van der Waals surface area (Å²) < 4.78 is 5.89. The van der Waals surface area contributed by atoms with Gasteiger partial charge in [-0.3, -0.25) is 0 Å². The van der Waals surface area contributed by atoms with Crippen LogP contribution in [0, 0.1) is 6.92 Å². The van der Waals surface area contributed by atoms with Crippen molar-refractivity contribution in [2.45, 2.75) is 51.7 Å². The van der Waals surface area contributed by atoms with Crippen molar-refractivity contribution in [3.05, 3.63) is 35.4 Å². The van der Waals surface area contributed by atoms with E-state index >= 15 is 0 Å². The monoisotopic (exact) mass is 290 g/mol. The van der Waals surface area contributed by atoms with Gasteiger partial charge in [0.15, 0.2) is 0 Å². The highest BCUT2D eigenvalue weighted by molar-refractivity contribution is 5.23. The third kappa shape index (κ3) is 5.42. The Morgan fingerprint density at radius 2 is 2.10 bits per heavy atom. The molecular formula is C18H30N2O. The number of nitrogens with zero attached hydrogens (tertiary/aromatic N) is 1. The Kier molecular flexibility index (Phi) is 6.68. The summed E-state index contributed by atoms with van der Waals surface area (Å²) in [5.41, 5.74) is 8.86. The second-order valence-electron chi connectivity index (χ2n) is 6.24. The molecule has 0 amide bonds. The molecule has 3 nitrogen and oxygen atoms in total. The van der Waals surface area contributed by atoms with E-state index in [1.54, 1.807) is 0 Å². The number of rotatable bonds is 7. The summed E-state index contributed by atoms with van der Waals surface area (Å²) in [4.78, 5) is 2.51. The largest absolute Gasteiger partial charge is 0.377 e. The lowest BCUT2D eigenvalue weighted by Crippen LogP contribution is -2.40. The molecule has 1 fully saturated rings. The van der Waals surface area contributed by atoms with E-state index < -0.39 is 0 Å². The average Bonchev–Trinajstić information content (AvgIpc) is 2.52. The van der Waals surface area contributed by atoms with Crippen molar-refractivity contribution in [1.82, 2.24) is 4.90 Å². The van der Waals surface area contributed by atoms with Crippen molar-refractivity contribution in [2.24, 2.45) is 5.73 Å². The maximum atomic E-state index is 6.32. The molecule has 1 aromatic rings. The van der Waals surface area contributed by atoms with Crippen molar-refractivity contribution >= 4 is 0 Å². The number of likely N-dealkylation sites (tertiary alicyclic amines) is 1. The summed E-state index contributed by atoms with van der Waals surface area (Å²) in [7, 11) is 0. The Balaban J connectivity index is 1.75. The van der Waals surface area contributed by atoms with Gasteiger partial charge in [0.05, 0.1) is 6.10 Å². The van der Waals surface area contributed by atoms with Crippen LogP contribution in [0.3, 0.4) is 0 Å². The Hall–Kier alpha value is -0.900. The van der Waals surface area contributed by atoms with E-state index in [-0.39, 0.29) is 6.04 Å². The normalized spacial score (nSPS) is 21.4. The minimum Gasteiger partial charge on any atom is -0.377 e. The van der Waals surface area contributed by atoms with Crippen LogP contribution in [0.1, 0.15) is 49.8 Å². The molecule has 0 aliphatic carbocycles. The lowest BCUT2D eigenvalue weighted by Gasteiger charge is -2.33. The van der Waals surface area contributed by atoms with E-state index in [9.17, 15) is 0 Å². The average molecular weight is 290 g/mol. The van der Waals surface area contributed by atoms with E-state index in [0.717, 1.165) is 32.5 Å². The summed E-state index contributed by atoms with van der Waals surface area (Å²) in [6.07, 6.45) is 5.00. The second-order valence-corrected chi connectivity index (χ2v) is 6.24. The Bertz CT molecular complexity index is 404. The van der Waals surface area contributed by atoms with Gasteiger partial charge >= 0.3 is 0 Å². The number of aryl methyl sites for hydroxylation is 1. The van der Waals surface area contributed by atoms with E-state index in [1.165, 1.54) is 30.5 Å². The summed E-state index contributed by atoms with van der Waals surface area (Å²) >= 11 is 0. The highest BCUT2D eigenvalue weighted by Gasteiger charge is 2.20. The van der Waals surface area contributed by atoms with Crippen LogP contribution < -0.4 is 5.73 Å². The number of benzene rings is 1. The molecule has 3 heteroatoms. The molecule has 2 N–H and O–H groups in total. The molecule has 118 valence electrons. The topological polar surface area (TPSA) is 38.5 Å². The van der Waals surface area contributed by atoms with Gasteiger partial charge in [0.2, 0.25) is 0 Å². The van der Waals surface area contributed by atoms with Gasteiger partial charge in [-0.25, -0.2) is 0 Å². The highest BCUT2D eigenvalue weighted by Crippen LogP contribution is 2.18. The molecule has 0 saturated carbocycles. The van der Waals surface area contributed by atoms with Gasteiger partial charge in [-0.1, -0.05) is 36.8 Å².